The summed E-state index contributed by atoms with van der Waals surface area (Å²) >= 11 is 0. The van der Waals surface area contributed by atoms with E-state index in [2.05, 4.69) is 79.6 Å². The third-order valence-corrected chi connectivity index (χ3v) is 4.65. The first-order valence-corrected chi connectivity index (χ1v) is 7.28. The Morgan fingerprint density at radius 1 is 0.714 bits per heavy atom. The third kappa shape index (κ3) is 1.37. The van der Waals surface area contributed by atoms with Crippen molar-refractivity contribution < 1.29 is 0 Å². The fourth-order valence-electron chi connectivity index (χ4n) is 3.61. The van der Waals surface area contributed by atoms with Crippen molar-refractivity contribution in [1.82, 2.24) is 4.57 Å². The van der Waals surface area contributed by atoms with Gasteiger partial charge in [0.1, 0.15) is 0 Å². The van der Waals surface area contributed by atoms with Crippen LogP contribution in [0.2, 0.25) is 0 Å². The number of nitrogens with zero attached hydrogens (tertiary/aromatic N) is 1. The molecule has 0 unspecified atom stereocenters. The number of hydrogen-bond acceptors (Lipinski definition) is 0. The van der Waals surface area contributed by atoms with E-state index in [9.17, 15) is 0 Å². The van der Waals surface area contributed by atoms with E-state index < -0.39 is 0 Å². The molecule has 0 saturated carbocycles. The van der Waals surface area contributed by atoms with Gasteiger partial charge in [-0.05, 0) is 23.3 Å². The first-order chi connectivity index (χ1) is 10.3. The van der Waals surface area contributed by atoms with Crippen LogP contribution in [0.1, 0.15) is 0 Å². The zero-order valence-corrected chi connectivity index (χ0v) is 11.8. The molecule has 4 aromatic rings. The van der Waals surface area contributed by atoms with Gasteiger partial charge in [0.25, 0.3) is 0 Å². The van der Waals surface area contributed by atoms with Gasteiger partial charge in [-0.2, -0.15) is 0 Å². The Balaban J connectivity index is 1.93. The van der Waals surface area contributed by atoms with E-state index in [-0.39, 0.29) is 0 Å². The van der Waals surface area contributed by atoms with Crippen molar-refractivity contribution in [2.75, 3.05) is 0 Å². The molecule has 0 N–H and O–H groups in total. The Labute approximate surface area is 124 Å². The lowest BCUT2D eigenvalue weighted by Gasteiger charge is -2.04. The average Bonchev–Trinajstić information content (AvgIpc) is 3.02. The molecule has 21 heavy (non-hydrogen) atoms. The van der Waals surface area contributed by atoms with Crippen molar-refractivity contribution in [3.05, 3.63) is 60.7 Å². The molecule has 0 spiro atoms. The van der Waals surface area contributed by atoms with E-state index in [4.69, 9.17) is 0 Å². The second-order valence-corrected chi connectivity index (χ2v) is 5.76. The number of benzene rings is 3. The van der Waals surface area contributed by atoms with E-state index >= 15 is 0 Å². The monoisotopic (exact) mass is 266 g/mol. The summed E-state index contributed by atoms with van der Waals surface area (Å²) in [4.78, 5) is 0. The Kier molecular flexibility index (Phi) is 2.02. The van der Waals surface area contributed by atoms with Gasteiger partial charge in [-0.15, -0.1) is 0 Å². The topological polar surface area (TPSA) is 4.93 Å². The smallest absolute Gasteiger partial charge is 0.193 e. The Hall–Kier alpha value is -2.48. The summed E-state index contributed by atoms with van der Waals surface area (Å²) in [7, 11) is 4.45. The normalized spacial score (nSPS) is 12.4. The number of fused-ring (bicyclic) bond motifs is 6. The predicted molar refractivity (Wildman–Crippen MR) is 90.9 cm³/mol. The lowest BCUT2D eigenvalue weighted by Crippen LogP contribution is -2.20. The Morgan fingerprint density at radius 3 is 2.48 bits per heavy atom. The van der Waals surface area contributed by atoms with Crippen molar-refractivity contribution in [1.29, 1.82) is 0 Å². The molecule has 1 aliphatic heterocycles. The molecule has 0 bridgehead atoms. The highest BCUT2D eigenvalue weighted by molar-refractivity contribution is 6.73. The van der Waals surface area contributed by atoms with Crippen LogP contribution in [-0.4, -0.2) is 11.8 Å². The van der Waals surface area contributed by atoms with Crippen LogP contribution in [-0.2, 0) is 7.05 Å². The number of aryl methyl sites for hydroxylation is 1. The fraction of sp³-hybridized carbons (Fsp3) is 0.0526. The van der Waals surface area contributed by atoms with Gasteiger partial charge in [0.15, 0.2) is 7.28 Å². The summed E-state index contributed by atoms with van der Waals surface area (Å²) in [5.74, 6) is 0. The standard InChI is InChI=1S/C19H13BN/c1-21-18-9-5-3-7-13(18)15-10-17-14(11-19(15)21)12-6-2-4-8-16(12)20-17/h2-11H,1H3. The summed E-state index contributed by atoms with van der Waals surface area (Å²) < 4.78 is 2.30. The minimum absolute atomic E-state index is 1.30. The fourth-order valence-corrected chi connectivity index (χ4v) is 3.61. The van der Waals surface area contributed by atoms with Crippen LogP contribution in [0, 0.1) is 0 Å². The summed E-state index contributed by atoms with van der Waals surface area (Å²) in [6.07, 6.45) is 0. The van der Waals surface area contributed by atoms with E-state index in [1.54, 1.807) is 0 Å². The summed E-state index contributed by atoms with van der Waals surface area (Å²) in [5, 5.41) is 2.68. The lowest BCUT2D eigenvalue weighted by atomic mass is 9.68. The zero-order chi connectivity index (χ0) is 14.0. The van der Waals surface area contributed by atoms with E-state index in [0.717, 1.165) is 0 Å². The van der Waals surface area contributed by atoms with Crippen LogP contribution in [0.15, 0.2) is 60.7 Å². The Bertz CT molecular complexity index is 1030. The quantitative estimate of drug-likeness (QED) is 0.380. The highest BCUT2D eigenvalue weighted by atomic mass is 14.9. The van der Waals surface area contributed by atoms with Gasteiger partial charge in [0, 0.05) is 28.9 Å². The molecule has 1 radical (unpaired) electrons. The van der Waals surface area contributed by atoms with Crippen molar-refractivity contribution in [3.63, 3.8) is 0 Å². The molecule has 97 valence electrons. The van der Waals surface area contributed by atoms with Crippen LogP contribution in [0.5, 0.6) is 0 Å². The highest BCUT2D eigenvalue weighted by Gasteiger charge is 2.21. The first-order valence-electron chi connectivity index (χ1n) is 7.28. The van der Waals surface area contributed by atoms with Gasteiger partial charge in [-0.1, -0.05) is 59.5 Å². The molecule has 1 aliphatic rings. The maximum atomic E-state index is 2.34. The van der Waals surface area contributed by atoms with Crippen LogP contribution < -0.4 is 10.9 Å². The molecular weight excluding hydrogens is 253 g/mol. The SMILES string of the molecule is Cn1c2ccccc2c2cc3c(cc21)-c1ccccc1[B]3. The molecule has 2 heteroatoms. The maximum absolute atomic E-state index is 2.34. The Morgan fingerprint density at radius 2 is 1.52 bits per heavy atom. The average molecular weight is 266 g/mol. The minimum atomic E-state index is 1.30. The predicted octanol–water partition coefficient (Wildman–Crippen LogP) is 2.97. The van der Waals surface area contributed by atoms with Crippen LogP contribution in [0.25, 0.3) is 32.9 Å². The largest absolute Gasteiger partial charge is 0.344 e. The van der Waals surface area contributed by atoms with Crippen molar-refractivity contribution >= 4 is 40.0 Å². The summed E-state index contributed by atoms with van der Waals surface area (Å²) in [6.45, 7) is 0. The highest BCUT2D eigenvalue weighted by Crippen LogP contribution is 2.31. The van der Waals surface area contributed by atoms with E-state index in [1.807, 2.05) is 0 Å². The summed E-state index contributed by atoms with van der Waals surface area (Å²) in [5.41, 5.74) is 7.96. The van der Waals surface area contributed by atoms with Gasteiger partial charge in [0.05, 0.1) is 0 Å². The van der Waals surface area contributed by atoms with Gasteiger partial charge in [-0.3, -0.25) is 0 Å². The molecule has 0 fully saturated rings. The minimum Gasteiger partial charge on any atom is -0.344 e. The van der Waals surface area contributed by atoms with Crippen LogP contribution >= 0.6 is 0 Å². The van der Waals surface area contributed by atoms with E-state index in [1.165, 1.54) is 43.9 Å². The molecule has 1 nitrogen and oxygen atoms in total. The molecule has 0 amide bonds. The first kappa shape index (κ1) is 11.2. The maximum Gasteiger partial charge on any atom is 0.193 e. The van der Waals surface area contributed by atoms with Crippen molar-refractivity contribution in [2.24, 2.45) is 7.05 Å². The van der Waals surface area contributed by atoms with Crippen LogP contribution in [0.3, 0.4) is 0 Å². The molecule has 0 atom stereocenters. The van der Waals surface area contributed by atoms with Gasteiger partial charge < -0.3 is 4.57 Å². The molecule has 0 aliphatic carbocycles. The number of hydrogen-bond donors (Lipinski definition) is 0. The molecule has 2 heterocycles. The molecule has 3 aromatic carbocycles. The molecule has 0 saturated heterocycles. The molecule has 1 aromatic heterocycles. The lowest BCUT2D eigenvalue weighted by molar-refractivity contribution is 1.01. The van der Waals surface area contributed by atoms with Gasteiger partial charge in [-0.25, -0.2) is 0 Å². The van der Waals surface area contributed by atoms with Gasteiger partial charge in [0.2, 0.25) is 0 Å². The van der Waals surface area contributed by atoms with Crippen LogP contribution in [0.4, 0.5) is 0 Å². The number of para-hydroxylation sites is 1. The second-order valence-electron chi connectivity index (χ2n) is 5.76. The van der Waals surface area contributed by atoms with Crippen molar-refractivity contribution in [3.8, 4) is 11.1 Å². The van der Waals surface area contributed by atoms with E-state index in [0.29, 0.717) is 0 Å². The number of rotatable bonds is 0. The number of aromatic nitrogens is 1. The zero-order valence-electron chi connectivity index (χ0n) is 11.8. The van der Waals surface area contributed by atoms with Gasteiger partial charge >= 0.3 is 0 Å². The second kappa shape index (κ2) is 3.79. The summed E-state index contributed by atoms with van der Waals surface area (Å²) in [6, 6.07) is 21.9. The molecule has 5 rings (SSSR count). The molecular formula is C19H13BN. The third-order valence-electron chi connectivity index (χ3n) is 4.65. The van der Waals surface area contributed by atoms with Crippen molar-refractivity contribution in [2.45, 2.75) is 0 Å².